The minimum absolute atomic E-state index is 0.0455. The summed E-state index contributed by atoms with van der Waals surface area (Å²) in [6, 6.07) is 10.1. The largest absolute Gasteiger partial charge is 0.497 e. The Morgan fingerprint density at radius 3 is 2.57 bits per heavy atom. The molecule has 2 heterocycles. The van der Waals surface area contributed by atoms with Crippen molar-refractivity contribution in [2.45, 2.75) is 38.8 Å². The van der Waals surface area contributed by atoms with Crippen LogP contribution >= 0.6 is 0 Å². The van der Waals surface area contributed by atoms with E-state index in [0.717, 1.165) is 42.0 Å². The van der Waals surface area contributed by atoms with Crippen molar-refractivity contribution < 1.29 is 19.0 Å². The van der Waals surface area contributed by atoms with Crippen molar-refractivity contribution in [3.63, 3.8) is 0 Å². The highest BCUT2D eigenvalue weighted by atomic mass is 16.5. The molecule has 0 bridgehead atoms. The van der Waals surface area contributed by atoms with Crippen LogP contribution in [0.1, 0.15) is 57.6 Å². The topological polar surface area (TPSA) is 56.8 Å². The van der Waals surface area contributed by atoms with Gasteiger partial charge in [-0.15, -0.1) is 0 Å². The molecule has 0 saturated carbocycles. The van der Waals surface area contributed by atoms with Crippen molar-refractivity contribution in [1.82, 2.24) is 0 Å². The number of fused-ring (bicyclic) bond motifs is 3. The summed E-state index contributed by atoms with van der Waals surface area (Å²) in [6.45, 7) is 4.92. The second-order valence-electron chi connectivity index (χ2n) is 7.69. The average molecular weight is 381 g/mol. The van der Waals surface area contributed by atoms with Crippen LogP contribution in [0, 0.1) is 19.8 Å². The molecule has 2 aliphatic rings. The van der Waals surface area contributed by atoms with Crippen molar-refractivity contribution >= 4 is 11.7 Å². The Morgan fingerprint density at radius 1 is 1.14 bits per heavy atom. The molecule has 28 heavy (non-hydrogen) atoms. The summed E-state index contributed by atoms with van der Waals surface area (Å²) in [6.07, 6.45) is 2.19. The molecule has 2 aromatic rings. The third-order valence-electron chi connectivity index (χ3n) is 6.00. The van der Waals surface area contributed by atoms with Crippen molar-refractivity contribution in [1.29, 1.82) is 0 Å². The van der Waals surface area contributed by atoms with E-state index in [-0.39, 0.29) is 18.1 Å². The highest BCUT2D eigenvalue weighted by Gasteiger charge is 2.41. The highest BCUT2D eigenvalue weighted by molar-refractivity contribution is 5.90. The van der Waals surface area contributed by atoms with Gasteiger partial charge in [-0.25, -0.2) is 4.79 Å². The summed E-state index contributed by atoms with van der Waals surface area (Å²) in [5, 5.41) is 3.76. The number of methoxy groups -OCH3 is 2. The lowest BCUT2D eigenvalue weighted by molar-refractivity contribution is -0.0383. The van der Waals surface area contributed by atoms with Gasteiger partial charge in [0.25, 0.3) is 0 Å². The molecule has 0 aliphatic carbocycles. The molecule has 2 aliphatic heterocycles. The maximum Gasteiger partial charge on any atom is 0.337 e. The molecule has 0 unspecified atom stereocenters. The zero-order valence-corrected chi connectivity index (χ0v) is 16.9. The molecule has 1 fully saturated rings. The molecule has 5 nitrogen and oxygen atoms in total. The molecule has 2 aromatic carbocycles. The Labute approximate surface area is 166 Å². The maximum atomic E-state index is 12.0. The van der Waals surface area contributed by atoms with E-state index in [1.807, 2.05) is 18.2 Å². The normalized spacial score (nSPS) is 23.2. The van der Waals surface area contributed by atoms with E-state index in [0.29, 0.717) is 11.5 Å². The quantitative estimate of drug-likeness (QED) is 0.779. The average Bonchev–Trinajstić information content (AvgIpc) is 2.72. The number of anilines is 1. The van der Waals surface area contributed by atoms with E-state index < -0.39 is 0 Å². The van der Waals surface area contributed by atoms with Crippen LogP contribution < -0.4 is 10.1 Å². The summed E-state index contributed by atoms with van der Waals surface area (Å²) >= 11 is 0. The van der Waals surface area contributed by atoms with Gasteiger partial charge in [-0.2, -0.15) is 0 Å². The smallest absolute Gasteiger partial charge is 0.337 e. The van der Waals surface area contributed by atoms with Crippen molar-refractivity contribution in [3.8, 4) is 5.75 Å². The molecule has 3 atom stereocenters. The van der Waals surface area contributed by atoms with Crippen LogP contribution in [0.5, 0.6) is 5.75 Å². The van der Waals surface area contributed by atoms with Crippen LogP contribution in [-0.2, 0) is 9.47 Å². The second kappa shape index (κ2) is 7.47. The first kappa shape index (κ1) is 18.8. The summed E-state index contributed by atoms with van der Waals surface area (Å²) in [4.78, 5) is 12.0. The molecule has 0 amide bonds. The summed E-state index contributed by atoms with van der Waals surface area (Å²) in [5.41, 5.74) is 6.29. The van der Waals surface area contributed by atoms with Gasteiger partial charge in [-0.3, -0.25) is 0 Å². The van der Waals surface area contributed by atoms with E-state index in [1.54, 1.807) is 7.11 Å². The summed E-state index contributed by atoms with van der Waals surface area (Å²) < 4.78 is 16.6. The van der Waals surface area contributed by atoms with E-state index >= 15 is 0 Å². The number of hydrogen-bond donors (Lipinski definition) is 1. The molecule has 148 valence electrons. The molecule has 4 rings (SSSR count). The van der Waals surface area contributed by atoms with Crippen molar-refractivity contribution in [2.75, 3.05) is 26.1 Å². The first-order chi connectivity index (χ1) is 13.5. The van der Waals surface area contributed by atoms with Gasteiger partial charge in [-0.1, -0.05) is 0 Å². The van der Waals surface area contributed by atoms with Gasteiger partial charge in [0.05, 0.1) is 31.9 Å². The molecule has 0 spiro atoms. The molecular weight excluding hydrogens is 354 g/mol. The number of aryl methyl sites for hydroxylation is 2. The lowest BCUT2D eigenvalue weighted by Gasteiger charge is -2.44. The number of ether oxygens (including phenoxy) is 3. The van der Waals surface area contributed by atoms with Gasteiger partial charge in [0.15, 0.2) is 0 Å². The van der Waals surface area contributed by atoms with Crippen LogP contribution in [0.3, 0.4) is 0 Å². The predicted molar refractivity (Wildman–Crippen MR) is 108 cm³/mol. The number of benzene rings is 2. The van der Waals surface area contributed by atoms with E-state index in [2.05, 4.69) is 31.3 Å². The van der Waals surface area contributed by atoms with E-state index in [1.165, 1.54) is 18.2 Å². The predicted octanol–water partition coefficient (Wildman–Crippen LogP) is 4.73. The number of esters is 1. The van der Waals surface area contributed by atoms with Gasteiger partial charge < -0.3 is 19.5 Å². The Morgan fingerprint density at radius 2 is 1.89 bits per heavy atom. The fourth-order valence-electron chi connectivity index (χ4n) is 4.76. The molecule has 5 heteroatoms. The Bertz CT molecular complexity index is 884. The Kier molecular flexibility index (Phi) is 5.02. The van der Waals surface area contributed by atoms with Crippen LogP contribution in [0.25, 0.3) is 0 Å². The lowest BCUT2D eigenvalue weighted by atomic mass is 9.75. The SMILES string of the molecule is COC(=O)c1cc(C)c([C@H]2Nc3ccc(OC)cc3[C@@H]3OCCC[C@H]23)c(C)c1. The van der Waals surface area contributed by atoms with Crippen molar-refractivity contribution in [2.24, 2.45) is 5.92 Å². The van der Waals surface area contributed by atoms with Gasteiger partial charge >= 0.3 is 5.97 Å². The lowest BCUT2D eigenvalue weighted by Crippen LogP contribution is -2.36. The highest BCUT2D eigenvalue weighted by Crippen LogP contribution is 2.50. The molecule has 1 saturated heterocycles. The summed E-state index contributed by atoms with van der Waals surface area (Å²) in [7, 11) is 3.11. The number of rotatable bonds is 3. The maximum absolute atomic E-state index is 12.0. The fourth-order valence-corrected chi connectivity index (χ4v) is 4.76. The standard InChI is InChI=1S/C23H27NO4/c1-13-10-15(23(25)27-4)11-14(2)20(13)21-17-6-5-9-28-22(17)18-12-16(26-3)7-8-19(18)24-21/h7-8,10-12,17,21-22,24H,5-6,9H2,1-4H3/t17-,21+,22-/m1/s1. The molecule has 0 aromatic heterocycles. The molecule has 0 radical (unpaired) electrons. The number of nitrogens with one attached hydrogen (secondary N) is 1. The number of carbonyl (C=O) groups is 1. The fraction of sp³-hybridized carbons (Fsp3) is 0.435. The van der Waals surface area contributed by atoms with Crippen LogP contribution in [0.2, 0.25) is 0 Å². The summed E-state index contributed by atoms with van der Waals surface area (Å²) in [5.74, 6) is 0.877. The minimum Gasteiger partial charge on any atom is -0.497 e. The van der Waals surface area contributed by atoms with Crippen LogP contribution in [0.4, 0.5) is 5.69 Å². The Balaban J connectivity index is 1.78. The third kappa shape index (κ3) is 3.14. The van der Waals surface area contributed by atoms with Gasteiger partial charge in [0.2, 0.25) is 0 Å². The van der Waals surface area contributed by atoms with Crippen LogP contribution in [0.15, 0.2) is 30.3 Å². The zero-order chi connectivity index (χ0) is 19.8. The van der Waals surface area contributed by atoms with Gasteiger partial charge in [0, 0.05) is 23.8 Å². The zero-order valence-electron chi connectivity index (χ0n) is 16.9. The number of carbonyl (C=O) groups excluding carboxylic acids is 1. The minimum atomic E-state index is -0.300. The van der Waals surface area contributed by atoms with Crippen molar-refractivity contribution in [3.05, 3.63) is 58.1 Å². The van der Waals surface area contributed by atoms with Crippen LogP contribution in [-0.4, -0.2) is 26.8 Å². The second-order valence-corrected chi connectivity index (χ2v) is 7.69. The van der Waals surface area contributed by atoms with Gasteiger partial charge in [-0.05, 0) is 73.7 Å². The Hall–Kier alpha value is -2.53. The first-order valence-corrected chi connectivity index (χ1v) is 9.79. The third-order valence-corrected chi connectivity index (χ3v) is 6.00. The molecule has 1 N–H and O–H groups in total. The first-order valence-electron chi connectivity index (χ1n) is 9.79. The molecular formula is C23H27NO4. The van der Waals surface area contributed by atoms with E-state index in [9.17, 15) is 4.79 Å². The van der Waals surface area contributed by atoms with E-state index in [4.69, 9.17) is 14.2 Å². The number of hydrogen-bond acceptors (Lipinski definition) is 5. The van der Waals surface area contributed by atoms with Gasteiger partial charge in [0.1, 0.15) is 5.75 Å². The monoisotopic (exact) mass is 381 g/mol.